The molecule has 0 aliphatic carbocycles. The molecule has 0 atom stereocenters. The summed E-state index contributed by atoms with van der Waals surface area (Å²) in [7, 11) is 0. The van der Waals surface area contributed by atoms with E-state index in [1.54, 1.807) is 6.33 Å². The Labute approximate surface area is 123 Å². The van der Waals surface area contributed by atoms with Gasteiger partial charge >= 0.3 is 0 Å². The van der Waals surface area contributed by atoms with Gasteiger partial charge in [0, 0.05) is 43.4 Å². The highest BCUT2D eigenvalue weighted by atomic mass is 16.1. The Kier molecular flexibility index (Phi) is 3.41. The molecule has 2 aromatic rings. The summed E-state index contributed by atoms with van der Waals surface area (Å²) in [4.78, 5) is 29.3. The van der Waals surface area contributed by atoms with Gasteiger partial charge in [-0.25, -0.2) is 9.97 Å². The molecule has 0 saturated carbocycles. The van der Waals surface area contributed by atoms with Gasteiger partial charge in [0.1, 0.15) is 5.82 Å². The van der Waals surface area contributed by atoms with Crippen molar-refractivity contribution in [3.63, 3.8) is 0 Å². The van der Waals surface area contributed by atoms with Gasteiger partial charge in [0.05, 0.1) is 17.6 Å². The van der Waals surface area contributed by atoms with E-state index in [0.29, 0.717) is 6.54 Å². The molecule has 6 nitrogen and oxygen atoms in total. The van der Waals surface area contributed by atoms with Crippen LogP contribution in [0.4, 0.5) is 0 Å². The zero-order chi connectivity index (χ0) is 15.0. The number of nitrogens with zero attached hydrogens (tertiary/aromatic N) is 3. The maximum atomic E-state index is 12.3. The number of fused-ring (bicyclic) bond motifs is 1. The molecular weight excluding hydrogens is 266 g/mol. The van der Waals surface area contributed by atoms with E-state index in [4.69, 9.17) is 0 Å². The minimum Gasteiger partial charge on any atom is -0.347 e. The van der Waals surface area contributed by atoms with Crippen LogP contribution in [-0.2, 0) is 24.9 Å². The lowest BCUT2D eigenvalue weighted by Gasteiger charge is -2.28. The lowest BCUT2D eigenvalue weighted by Crippen LogP contribution is -2.37. The molecule has 21 heavy (non-hydrogen) atoms. The van der Waals surface area contributed by atoms with Crippen LogP contribution in [0, 0.1) is 0 Å². The van der Waals surface area contributed by atoms with Gasteiger partial charge < -0.3 is 9.97 Å². The summed E-state index contributed by atoms with van der Waals surface area (Å²) < 4.78 is 0. The molecule has 0 bridgehead atoms. The van der Waals surface area contributed by atoms with E-state index < -0.39 is 0 Å². The van der Waals surface area contributed by atoms with Crippen LogP contribution in [0.1, 0.15) is 43.5 Å². The van der Waals surface area contributed by atoms with Gasteiger partial charge in [-0.15, -0.1) is 0 Å². The van der Waals surface area contributed by atoms with Crippen molar-refractivity contribution in [2.45, 2.75) is 45.7 Å². The van der Waals surface area contributed by atoms with E-state index in [2.05, 4.69) is 45.6 Å². The zero-order valence-electron chi connectivity index (χ0n) is 12.7. The quantitative estimate of drug-likeness (QED) is 0.874. The fraction of sp³-hybridized carbons (Fsp3) is 0.533. The number of nitrogens with one attached hydrogen (secondary N) is 2. The van der Waals surface area contributed by atoms with Gasteiger partial charge in [0.2, 0.25) is 0 Å². The fourth-order valence-corrected chi connectivity index (χ4v) is 2.58. The van der Waals surface area contributed by atoms with Crippen molar-refractivity contribution >= 4 is 0 Å². The van der Waals surface area contributed by atoms with E-state index >= 15 is 0 Å². The average molecular weight is 287 g/mol. The molecule has 0 fully saturated rings. The van der Waals surface area contributed by atoms with Crippen LogP contribution >= 0.6 is 0 Å². The number of aromatic amines is 2. The summed E-state index contributed by atoms with van der Waals surface area (Å²) in [6.45, 7) is 8.51. The average Bonchev–Trinajstić information content (AvgIpc) is 2.91. The highest BCUT2D eigenvalue weighted by Crippen LogP contribution is 2.21. The van der Waals surface area contributed by atoms with Gasteiger partial charge in [-0.05, 0) is 0 Å². The predicted octanol–water partition coefficient (Wildman–Crippen LogP) is 1.35. The number of aromatic nitrogens is 4. The monoisotopic (exact) mass is 287 g/mol. The SMILES string of the molecule is CC(C)(C)c1nc2c(c(=O)[nH]1)CN(Cc1cnc[nH]1)CC2. The smallest absolute Gasteiger partial charge is 0.255 e. The van der Waals surface area contributed by atoms with Crippen LogP contribution in [0.3, 0.4) is 0 Å². The van der Waals surface area contributed by atoms with Crippen LogP contribution in [-0.4, -0.2) is 31.4 Å². The topological polar surface area (TPSA) is 77.7 Å². The first-order chi connectivity index (χ1) is 9.93. The minimum atomic E-state index is -0.138. The molecule has 0 amide bonds. The van der Waals surface area contributed by atoms with E-state index in [1.807, 2.05) is 6.20 Å². The molecule has 3 heterocycles. The summed E-state index contributed by atoms with van der Waals surface area (Å²) in [6.07, 6.45) is 4.31. The normalized spacial score (nSPS) is 16.0. The largest absolute Gasteiger partial charge is 0.347 e. The number of H-pyrrole nitrogens is 2. The third kappa shape index (κ3) is 2.90. The molecule has 0 radical (unpaired) electrons. The van der Waals surface area contributed by atoms with E-state index in [9.17, 15) is 4.79 Å². The molecule has 6 heteroatoms. The van der Waals surface area contributed by atoms with Crippen molar-refractivity contribution in [3.05, 3.63) is 45.7 Å². The van der Waals surface area contributed by atoms with Crippen LogP contribution in [0.25, 0.3) is 0 Å². The minimum absolute atomic E-state index is 0.000708. The molecule has 0 unspecified atom stereocenters. The van der Waals surface area contributed by atoms with E-state index in [1.165, 1.54) is 0 Å². The summed E-state index contributed by atoms with van der Waals surface area (Å²) in [5, 5.41) is 0. The van der Waals surface area contributed by atoms with Crippen molar-refractivity contribution in [2.75, 3.05) is 6.54 Å². The Morgan fingerprint density at radius 3 is 2.86 bits per heavy atom. The van der Waals surface area contributed by atoms with Gasteiger partial charge in [-0.3, -0.25) is 9.69 Å². The van der Waals surface area contributed by atoms with E-state index in [-0.39, 0.29) is 11.0 Å². The third-order valence-electron chi connectivity index (χ3n) is 3.81. The summed E-state index contributed by atoms with van der Waals surface area (Å²) >= 11 is 0. The molecule has 2 N–H and O–H groups in total. The van der Waals surface area contributed by atoms with Crippen molar-refractivity contribution in [1.82, 2.24) is 24.8 Å². The van der Waals surface area contributed by atoms with Crippen molar-refractivity contribution in [3.8, 4) is 0 Å². The lowest BCUT2D eigenvalue weighted by atomic mass is 9.95. The van der Waals surface area contributed by atoms with E-state index in [0.717, 1.165) is 42.3 Å². The van der Waals surface area contributed by atoms with Gasteiger partial charge in [-0.1, -0.05) is 20.8 Å². The first-order valence-electron chi connectivity index (χ1n) is 7.25. The zero-order valence-corrected chi connectivity index (χ0v) is 12.7. The van der Waals surface area contributed by atoms with Gasteiger partial charge in [-0.2, -0.15) is 0 Å². The Morgan fingerprint density at radius 2 is 2.19 bits per heavy atom. The molecule has 112 valence electrons. The molecule has 2 aromatic heterocycles. The summed E-state index contributed by atoms with van der Waals surface area (Å²) in [5.41, 5.74) is 2.67. The predicted molar refractivity (Wildman–Crippen MR) is 80.0 cm³/mol. The molecule has 0 spiro atoms. The molecule has 0 aromatic carbocycles. The molecule has 3 rings (SSSR count). The number of hydrogen-bond acceptors (Lipinski definition) is 4. The van der Waals surface area contributed by atoms with Crippen molar-refractivity contribution in [2.24, 2.45) is 0 Å². The summed E-state index contributed by atoms with van der Waals surface area (Å²) in [5.74, 6) is 0.772. The Hall–Kier alpha value is -1.95. The van der Waals surface area contributed by atoms with Crippen molar-refractivity contribution < 1.29 is 0 Å². The molecule has 1 aliphatic rings. The highest BCUT2D eigenvalue weighted by Gasteiger charge is 2.24. The maximum Gasteiger partial charge on any atom is 0.255 e. The highest BCUT2D eigenvalue weighted by molar-refractivity contribution is 5.22. The summed E-state index contributed by atoms with van der Waals surface area (Å²) in [6, 6.07) is 0. The van der Waals surface area contributed by atoms with Crippen LogP contribution in [0.2, 0.25) is 0 Å². The molecule has 0 saturated heterocycles. The second-order valence-electron chi connectivity index (χ2n) is 6.63. The van der Waals surface area contributed by atoms with Crippen molar-refractivity contribution in [1.29, 1.82) is 0 Å². The van der Waals surface area contributed by atoms with Crippen LogP contribution in [0.5, 0.6) is 0 Å². The molecular formula is C15H21N5O. The Balaban J connectivity index is 1.85. The fourth-order valence-electron chi connectivity index (χ4n) is 2.58. The van der Waals surface area contributed by atoms with Gasteiger partial charge in [0.25, 0.3) is 5.56 Å². The number of rotatable bonds is 2. The lowest BCUT2D eigenvalue weighted by molar-refractivity contribution is 0.238. The second kappa shape index (κ2) is 5.11. The first-order valence-corrected chi connectivity index (χ1v) is 7.25. The third-order valence-corrected chi connectivity index (χ3v) is 3.81. The Morgan fingerprint density at radius 1 is 1.38 bits per heavy atom. The number of hydrogen-bond donors (Lipinski definition) is 2. The molecule has 1 aliphatic heterocycles. The number of imidazole rings is 1. The Bertz CT molecular complexity index is 681. The van der Waals surface area contributed by atoms with Crippen LogP contribution in [0.15, 0.2) is 17.3 Å². The standard InChI is InChI=1S/C15H21N5O/c1-15(2,3)14-18-12-4-5-20(7-10-6-16-9-17-10)8-11(12)13(21)19-14/h6,9H,4-5,7-8H2,1-3H3,(H,16,17)(H,18,19,21). The first kappa shape index (κ1) is 14.0. The maximum absolute atomic E-state index is 12.3. The van der Waals surface area contributed by atoms with Gasteiger partial charge in [0.15, 0.2) is 0 Å². The van der Waals surface area contributed by atoms with Crippen LogP contribution < -0.4 is 5.56 Å². The second-order valence-corrected chi connectivity index (χ2v) is 6.63.